The van der Waals surface area contributed by atoms with Crippen LogP contribution in [0.4, 0.5) is 5.69 Å². The number of benzene rings is 1. The highest BCUT2D eigenvalue weighted by atomic mass is 32.2. The smallest absolute Gasteiger partial charge is 0.241 e. The summed E-state index contributed by atoms with van der Waals surface area (Å²) in [4.78, 5) is 16.2. The van der Waals surface area contributed by atoms with Gasteiger partial charge in [0.25, 0.3) is 0 Å². The number of hydrogen-bond donors (Lipinski definition) is 1. The molecule has 1 aromatic rings. The van der Waals surface area contributed by atoms with Crippen molar-refractivity contribution in [2.75, 3.05) is 31.6 Å². The molecule has 0 saturated carbocycles. The number of carbonyl (C=O) groups excluding carboxylic acids is 1. The highest BCUT2D eigenvalue weighted by molar-refractivity contribution is 7.89. The number of likely N-dealkylation sites (N-methyl/N-ethyl adjacent to an activating group) is 1. The van der Waals surface area contributed by atoms with Crippen molar-refractivity contribution in [1.82, 2.24) is 4.90 Å². The second kappa shape index (κ2) is 6.76. The minimum absolute atomic E-state index is 0.0423. The summed E-state index contributed by atoms with van der Waals surface area (Å²) in [6, 6.07) is 4.70. The second-order valence-corrected chi connectivity index (χ2v) is 7.28. The minimum Gasteiger partial charge on any atom is -0.311 e. The van der Waals surface area contributed by atoms with E-state index in [9.17, 15) is 13.2 Å². The molecule has 1 aromatic carbocycles. The Balaban J connectivity index is 2.10. The first-order chi connectivity index (χ1) is 10.3. The minimum atomic E-state index is -3.70. The fraction of sp³-hybridized carbons (Fsp3) is 0.533. The molecule has 122 valence electrons. The number of nitrogens with two attached hydrogens (primary N) is 1. The molecule has 0 aliphatic carbocycles. The Morgan fingerprint density at radius 2 is 2.14 bits per heavy atom. The van der Waals surface area contributed by atoms with E-state index in [1.54, 1.807) is 17.0 Å². The summed E-state index contributed by atoms with van der Waals surface area (Å²) < 4.78 is 22.8. The second-order valence-electron chi connectivity index (χ2n) is 5.72. The summed E-state index contributed by atoms with van der Waals surface area (Å²) in [6.07, 6.45) is 2.82. The fourth-order valence-corrected chi connectivity index (χ4v) is 3.20. The molecule has 7 heteroatoms. The Labute approximate surface area is 131 Å². The average molecular weight is 325 g/mol. The van der Waals surface area contributed by atoms with Gasteiger partial charge in [0.05, 0.1) is 11.4 Å². The van der Waals surface area contributed by atoms with Gasteiger partial charge in [0.1, 0.15) is 0 Å². The van der Waals surface area contributed by atoms with Crippen molar-refractivity contribution in [3.05, 3.63) is 23.8 Å². The van der Waals surface area contributed by atoms with E-state index in [2.05, 4.69) is 6.92 Å². The van der Waals surface area contributed by atoms with Gasteiger partial charge >= 0.3 is 0 Å². The van der Waals surface area contributed by atoms with Crippen molar-refractivity contribution in [3.8, 4) is 0 Å². The third-order valence-electron chi connectivity index (χ3n) is 3.87. The van der Waals surface area contributed by atoms with E-state index in [0.717, 1.165) is 30.6 Å². The molecule has 0 radical (unpaired) electrons. The molecular formula is C15H23N3O3S. The zero-order valence-corrected chi connectivity index (χ0v) is 13.9. The number of sulfonamides is 1. The van der Waals surface area contributed by atoms with Crippen LogP contribution in [0, 0.1) is 0 Å². The molecule has 0 atom stereocenters. The van der Waals surface area contributed by atoms with E-state index in [1.165, 1.54) is 6.07 Å². The van der Waals surface area contributed by atoms with Gasteiger partial charge < -0.3 is 4.90 Å². The standard InChI is InChI=1S/C15H23N3O3S/c1-3-4-8-17(2)11-15(19)18-9-7-12-10-13(22(16,20)21)5-6-14(12)18/h5-6,10H,3-4,7-9,11H2,1-2H3,(H2,16,20,21). The van der Waals surface area contributed by atoms with Crippen molar-refractivity contribution in [2.45, 2.75) is 31.1 Å². The molecule has 0 bridgehead atoms. The molecule has 1 amide bonds. The molecule has 0 saturated heterocycles. The monoisotopic (exact) mass is 325 g/mol. The third-order valence-corrected chi connectivity index (χ3v) is 4.79. The molecule has 1 aliphatic rings. The molecule has 1 heterocycles. The third kappa shape index (κ3) is 3.85. The number of unbranched alkanes of at least 4 members (excludes halogenated alkanes) is 1. The van der Waals surface area contributed by atoms with Crippen LogP contribution < -0.4 is 10.0 Å². The first kappa shape index (κ1) is 16.9. The van der Waals surface area contributed by atoms with Gasteiger partial charge in [-0.05, 0) is 50.2 Å². The van der Waals surface area contributed by atoms with E-state index in [4.69, 9.17) is 5.14 Å². The van der Waals surface area contributed by atoms with Crippen LogP contribution in [0.1, 0.15) is 25.3 Å². The number of fused-ring (bicyclic) bond motifs is 1. The highest BCUT2D eigenvalue weighted by Crippen LogP contribution is 2.30. The lowest BCUT2D eigenvalue weighted by molar-refractivity contribution is -0.119. The summed E-state index contributed by atoms with van der Waals surface area (Å²) in [5.74, 6) is 0.0423. The summed E-state index contributed by atoms with van der Waals surface area (Å²) in [5.41, 5.74) is 1.65. The van der Waals surface area contributed by atoms with E-state index < -0.39 is 10.0 Å². The maximum absolute atomic E-state index is 12.4. The first-order valence-electron chi connectivity index (χ1n) is 7.47. The summed E-state index contributed by atoms with van der Waals surface area (Å²) >= 11 is 0. The van der Waals surface area contributed by atoms with E-state index in [0.29, 0.717) is 19.5 Å². The zero-order valence-electron chi connectivity index (χ0n) is 13.1. The van der Waals surface area contributed by atoms with Crippen molar-refractivity contribution in [1.29, 1.82) is 0 Å². The number of rotatable bonds is 6. The Hall–Kier alpha value is -1.44. The average Bonchev–Trinajstić information content (AvgIpc) is 2.87. The molecule has 1 aliphatic heterocycles. The SMILES string of the molecule is CCCCN(C)CC(=O)N1CCc2cc(S(N)(=O)=O)ccc21. The van der Waals surface area contributed by atoms with Crippen molar-refractivity contribution in [3.63, 3.8) is 0 Å². The van der Waals surface area contributed by atoms with Gasteiger partial charge in [-0.3, -0.25) is 9.69 Å². The van der Waals surface area contributed by atoms with Crippen LogP contribution in [0.2, 0.25) is 0 Å². The number of anilines is 1. The topological polar surface area (TPSA) is 83.7 Å². The number of amides is 1. The normalized spacial score (nSPS) is 14.5. The van der Waals surface area contributed by atoms with Crippen LogP contribution in [-0.2, 0) is 21.2 Å². The predicted molar refractivity (Wildman–Crippen MR) is 86.3 cm³/mol. The quantitative estimate of drug-likeness (QED) is 0.844. The van der Waals surface area contributed by atoms with Gasteiger partial charge in [0.15, 0.2) is 0 Å². The van der Waals surface area contributed by atoms with Crippen LogP contribution in [0.3, 0.4) is 0 Å². The lowest BCUT2D eigenvalue weighted by Gasteiger charge is -2.22. The number of hydrogen-bond acceptors (Lipinski definition) is 4. The van der Waals surface area contributed by atoms with Crippen molar-refractivity contribution in [2.24, 2.45) is 5.14 Å². The van der Waals surface area contributed by atoms with Crippen molar-refractivity contribution < 1.29 is 13.2 Å². The van der Waals surface area contributed by atoms with Crippen molar-refractivity contribution >= 4 is 21.6 Å². The van der Waals surface area contributed by atoms with Crippen LogP contribution in [-0.4, -0.2) is 45.9 Å². The molecule has 0 aromatic heterocycles. The van der Waals surface area contributed by atoms with Crippen LogP contribution in [0.15, 0.2) is 23.1 Å². The summed E-state index contributed by atoms with van der Waals surface area (Å²) in [6.45, 7) is 3.98. The molecule has 2 N–H and O–H groups in total. The molecule has 0 fully saturated rings. The Morgan fingerprint density at radius 1 is 1.41 bits per heavy atom. The molecule has 6 nitrogen and oxygen atoms in total. The number of carbonyl (C=O) groups is 1. The number of nitrogens with zero attached hydrogens (tertiary/aromatic N) is 2. The lowest BCUT2D eigenvalue weighted by atomic mass is 10.2. The maximum Gasteiger partial charge on any atom is 0.241 e. The maximum atomic E-state index is 12.4. The van der Waals surface area contributed by atoms with Gasteiger partial charge in [0, 0.05) is 12.2 Å². The van der Waals surface area contributed by atoms with Gasteiger partial charge in [-0.15, -0.1) is 0 Å². The lowest BCUT2D eigenvalue weighted by Crippen LogP contribution is -2.38. The van der Waals surface area contributed by atoms with E-state index in [-0.39, 0.29) is 10.8 Å². The van der Waals surface area contributed by atoms with Gasteiger partial charge in [-0.2, -0.15) is 0 Å². The summed E-state index contributed by atoms with van der Waals surface area (Å²) in [7, 11) is -1.76. The van der Waals surface area contributed by atoms with E-state index in [1.807, 2.05) is 11.9 Å². The van der Waals surface area contributed by atoms with Crippen LogP contribution >= 0.6 is 0 Å². The molecule has 2 rings (SSSR count). The predicted octanol–water partition coefficient (Wildman–Crippen LogP) is 0.955. The summed E-state index contributed by atoms with van der Waals surface area (Å²) in [5, 5.41) is 5.14. The van der Waals surface area contributed by atoms with Gasteiger partial charge in [-0.25, -0.2) is 13.6 Å². The van der Waals surface area contributed by atoms with Crippen LogP contribution in [0.25, 0.3) is 0 Å². The number of primary sulfonamides is 1. The van der Waals surface area contributed by atoms with Gasteiger partial charge in [-0.1, -0.05) is 13.3 Å². The molecule has 0 unspecified atom stereocenters. The fourth-order valence-electron chi connectivity index (χ4n) is 2.64. The first-order valence-corrected chi connectivity index (χ1v) is 9.02. The Bertz CT molecular complexity index is 658. The van der Waals surface area contributed by atoms with Crippen LogP contribution in [0.5, 0.6) is 0 Å². The van der Waals surface area contributed by atoms with Gasteiger partial charge in [0.2, 0.25) is 15.9 Å². The largest absolute Gasteiger partial charge is 0.311 e. The molecule has 0 spiro atoms. The molecule has 22 heavy (non-hydrogen) atoms. The zero-order chi connectivity index (χ0) is 16.3. The Morgan fingerprint density at radius 3 is 2.77 bits per heavy atom. The highest BCUT2D eigenvalue weighted by Gasteiger charge is 2.26. The van der Waals surface area contributed by atoms with E-state index >= 15 is 0 Å². The Kier molecular flexibility index (Phi) is 5.20. The molecular weight excluding hydrogens is 302 g/mol.